The summed E-state index contributed by atoms with van der Waals surface area (Å²) >= 11 is 0. The minimum absolute atomic E-state index is 0.171. The van der Waals surface area contributed by atoms with Crippen molar-refractivity contribution in [3.8, 4) is 12.3 Å². The van der Waals surface area contributed by atoms with Gasteiger partial charge < -0.3 is 9.59 Å². The van der Waals surface area contributed by atoms with Crippen LogP contribution in [0.2, 0.25) is 0 Å². The molecule has 1 aliphatic rings. The number of benzene rings is 1. The summed E-state index contributed by atoms with van der Waals surface area (Å²) in [4.78, 5) is 4.80. The summed E-state index contributed by atoms with van der Waals surface area (Å²) in [6, 6.07) is 5.75. The van der Waals surface area contributed by atoms with E-state index in [1.807, 2.05) is 18.2 Å². The van der Waals surface area contributed by atoms with Crippen molar-refractivity contribution in [1.29, 1.82) is 0 Å². The Labute approximate surface area is 94.2 Å². The van der Waals surface area contributed by atoms with Gasteiger partial charge in [0.25, 0.3) is 0 Å². The standard InChI is InChI=1S/C11H8BN2O2/c1-2-5-15-13-7-9-3-4-11-10(6-9)8-14-16-12-11/h1,3-4,6-8H,5H2/b13-7+. The number of hydrogen-bond acceptors (Lipinski definition) is 4. The molecule has 0 aliphatic carbocycles. The molecule has 1 aromatic carbocycles. The Balaban J connectivity index is 2.10. The Hall–Kier alpha value is -2.22. The van der Waals surface area contributed by atoms with Gasteiger partial charge in [-0.05, 0) is 22.7 Å². The first-order valence-electron chi connectivity index (χ1n) is 4.65. The van der Waals surface area contributed by atoms with Gasteiger partial charge in [0, 0.05) is 0 Å². The van der Waals surface area contributed by atoms with Gasteiger partial charge in [0.1, 0.15) is 0 Å². The zero-order chi connectivity index (χ0) is 11.2. The Morgan fingerprint density at radius 3 is 3.44 bits per heavy atom. The molecule has 0 saturated carbocycles. The molecule has 16 heavy (non-hydrogen) atoms. The first-order valence-corrected chi connectivity index (χ1v) is 4.65. The maximum atomic E-state index is 5.01. The van der Waals surface area contributed by atoms with Crippen LogP contribution < -0.4 is 5.46 Å². The molecule has 4 nitrogen and oxygen atoms in total. The Bertz CT molecular complexity index is 477. The zero-order valence-corrected chi connectivity index (χ0v) is 8.46. The van der Waals surface area contributed by atoms with E-state index in [0.29, 0.717) is 0 Å². The van der Waals surface area contributed by atoms with Gasteiger partial charge in [-0.2, -0.15) is 0 Å². The third-order valence-corrected chi connectivity index (χ3v) is 1.97. The van der Waals surface area contributed by atoms with Gasteiger partial charge in [-0.25, -0.2) is 0 Å². The fraction of sp³-hybridized carbons (Fsp3) is 0.0909. The zero-order valence-electron chi connectivity index (χ0n) is 8.46. The fourth-order valence-electron chi connectivity index (χ4n) is 1.24. The lowest BCUT2D eigenvalue weighted by molar-refractivity contribution is 0.181. The molecule has 1 heterocycles. The van der Waals surface area contributed by atoms with E-state index in [4.69, 9.17) is 16.0 Å². The van der Waals surface area contributed by atoms with Crippen LogP contribution in [0.15, 0.2) is 28.5 Å². The van der Waals surface area contributed by atoms with Gasteiger partial charge >= 0.3 is 7.48 Å². The summed E-state index contributed by atoms with van der Waals surface area (Å²) in [6.07, 6.45) is 8.26. The Kier molecular flexibility index (Phi) is 3.24. The minimum atomic E-state index is 0.171. The minimum Gasteiger partial charge on any atom is -0.468 e. The van der Waals surface area contributed by atoms with Crippen molar-refractivity contribution >= 4 is 25.4 Å². The van der Waals surface area contributed by atoms with Crippen LogP contribution in [0.25, 0.3) is 0 Å². The molecule has 0 N–H and O–H groups in total. The normalized spacial score (nSPS) is 12.4. The third-order valence-electron chi connectivity index (χ3n) is 1.97. The molecule has 0 atom stereocenters. The van der Waals surface area contributed by atoms with Crippen molar-refractivity contribution in [3.05, 3.63) is 29.3 Å². The van der Waals surface area contributed by atoms with E-state index in [2.05, 4.69) is 16.2 Å². The molecule has 0 bridgehead atoms. The van der Waals surface area contributed by atoms with Crippen LogP contribution in [0.5, 0.6) is 0 Å². The lowest BCUT2D eigenvalue weighted by atomic mass is 9.83. The van der Waals surface area contributed by atoms with Crippen LogP contribution in [0.4, 0.5) is 0 Å². The highest BCUT2D eigenvalue weighted by Gasteiger charge is 2.09. The largest absolute Gasteiger partial charge is 0.468 e. The van der Waals surface area contributed by atoms with Crippen molar-refractivity contribution < 1.29 is 9.59 Å². The number of fused-ring (bicyclic) bond motifs is 1. The van der Waals surface area contributed by atoms with E-state index in [1.165, 1.54) is 0 Å². The van der Waals surface area contributed by atoms with Gasteiger partial charge in [0.15, 0.2) is 6.61 Å². The Morgan fingerprint density at radius 1 is 1.62 bits per heavy atom. The summed E-state index contributed by atoms with van der Waals surface area (Å²) in [5.74, 6) is 2.33. The predicted octanol–water partition coefficient (Wildman–Crippen LogP) is 0.279. The summed E-state index contributed by atoms with van der Waals surface area (Å²) in [6.45, 7) is 0.171. The molecular weight excluding hydrogens is 203 g/mol. The number of rotatable bonds is 3. The van der Waals surface area contributed by atoms with E-state index in [9.17, 15) is 0 Å². The fourth-order valence-corrected chi connectivity index (χ4v) is 1.24. The molecule has 0 amide bonds. The van der Waals surface area contributed by atoms with Crippen molar-refractivity contribution in [2.24, 2.45) is 10.3 Å². The van der Waals surface area contributed by atoms with Gasteiger partial charge in [-0.1, -0.05) is 23.2 Å². The van der Waals surface area contributed by atoms with Crippen LogP contribution in [0.3, 0.4) is 0 Å². The molecule has 0 unspecified atom stereocenters. The highest BCUT2D eigenvalue weighted by Crippen LogP contribution is 2.02. The summed E-state index contributed by atoms with van der Waals surface area (Å²) < 4.78 is 4.81. The van der Waals surface area contributed by atoms with E-state index in [0.717, 1.165) is 16.6 Å². The lowest BCUT2D eigenvalue weighted by Gasteiger charge is -2.08. The van der Waals surface area contributed by atoms with Crippen LogP contribution in [-0.2, 0) is 9.59 Å². The van der Waals surface area contributed by atoms with E-state index >= 15 is 0 Å². The molecule has 1 aliphatic heterocycles. The summed E-state index contributed by atoms with van der Waals surface area (Å²) in [5, 5.41) is 7.41. The van der Waals surface area contributed by atoms with E-state index < -0.39 is 0 Å². The Morgan fingerprint density at radius 2 is 2.56 bits per heavy atom. The average molecular weight is 211 g/mol. The smallest absolute Gasteiger partial charge is 0.449 e. The average Bonchev–Trinajstić information content (AvgIpc) is 2.34. The van der Waals surface area contributed by atoms with Gasteiger partial charge in [0.05, 0.1) is 12.4 Å². The lowest BCUT2D eigenvalue weighted by Crippen LogP contribution is -2.24. The molecule has 77 valence electrons. The maximum Gasteiger partial charge on any atom is 0.449 e. The first-order chi connectivity index (χ1) is 7.90. The van der Waals surface area contributed by atoms with E-state index in [-0.39, 0.29) is 6.61 Å². The van der Waals surface area contributed by atoms with Gasteiger partial charge in [-0.3, -0.25) is 0 Å². The second kappa shape index (κ2) is 5.03. The maximum absolute atomic E-state index is 5.01. The monoisotopic (exact) mass is 211 g/mol. The highest BCUT2D eigenvalue weighted by molar-refractivity contribution is 6.49. The molecule has 0 fully saturated rings. The molecule has 1 aromatic rings. The molecule has 0 spiro atoms. The summed E-state index contributed by atoms with van der Waals surface area (Å²) in [7, 11) is 1.59. The molecule has 0 saturated heterocycles. The summed E-state index contributed by atoms with van der Waals surface area (Å²) in [5.41, 5.74) is 2.88. The van der Waals surface area contributed by atoms with Crippen LogP contribution in [0, 0.1) is 12.3 Å². The first kappa shape index (κ1) is 10.3. The highest BCUT2D eigenvalue weighted by atomic mass is 16.6. The van der Waals surface area contributed by atoms with Crippen molar-refractivity contribution in [2.75, 3.05) is 6.61 Å². The second-order valence-electron chi connectivity index (χ2n) is 3.06. The molecule has 1 radical (unpaired) electrons. The van der Waals surface area contributed by atoms with Crippen molar-refractivity contribution in [3.63, 3.8) is 0 Å². The number of oxime groups is 2. The molecular formula is C11H8BN2O2. The second-order valence-corrected chi connectivity index (χ2v) is 3.06. The number of hydrogen-bond donors (Lipinski definition) is 0. The predicted molar refractivity (Wildman–Crippen MR) is 62.9 cm³/mol. The quantitative estimate of drug-likeness (QED) is 0.237. The SMILES string of the molecule is C#CCO/N=C/c1ccc2c(c1)C=NO[B]2. The topological polar surface area (TPSA) is 43.2 Å². The van der Waals surface area contributed by atoms with E-state index in [1.54, 1.807) is 19.9 Å². The number of nitrogens with zero attached hydrogens (tertiary/aromatic N) is 2. The van der Waals surface area contributed by atoms with Crippen molar-refractivity contribution in [2.45, 2.75) is 0 Å². The van der Waals surface area contributed by atoms with Gasteiger partial charge in [0.2, 0.25) is 0 Å². The molecule has 5 heteroatoms. The van der Waals surface area contributed by atoms with Crippen LogP contribution in [-0.4, -0.2) is 26.5 Å². The van der Waals surface area contributed by atoms with Crippen LogP contribution in [0.1, 0.15) is 11.1 Å². The molecule has 0 aromatic heterocycles. The number of terminal acetylenes is 1. The van der Waals surface area contributed by atoms with Gasteiger partial charge in [-0.15, -0.1) is 11.6 Å². The van der Waals surface area contributed by atoms with Crippen molar-refractivity contribution in [1.82, 2.24) is 0 Å². The third kappa shape index (κ3) is 2.42. The van der Waals surface area contributed by atoms with Crippen LogP contribution >= 0.6 is 0 Å². The molecule has 2 rings (SSSR count).